The van der Waals surface area contributed by atoms with Gasteiger partial charge in [0.1, 0.15) is 0 Å². The van der Waals surface area contributed by atoms with Crippen molar-refractivity contribution >= 4 is 5.91 Å². The van der Waals surface area contributed by atoms with Gasteiger partial charge in [-0.25, -0.2) is 4.98 Å². The molecule has 6 nitrogen and oxygen atoms in total. The fourth-order valence-corrected chi connectivity index (χ4v) is 2.83. The summed E-state index contributed by atoms with van der Waals surface area (Å²) < 4.78 is 5.56. The Kier molecular flexibility index (Phi) is 8.93. The van der Waals surface area contributed by atoms with Crippen LogP contribution in [0, 0.1) is 5.92 Å². The van der Waals surface area contributed by atoms with Gasteiger partial charge in [-0.05, 0) is 44.7 Å². The Balaban J connectivity index is 1.87. The molecule has 1 aliphatic carbocycles. The molecule has 6 heteroatoms. The zero-order valence-corrected chi connectivity index (χ0v) is 18.2. The number of amides is 1. The van der Waals surface area contributed by atoms with Gasteiger partial charge in [-0.1, -0.05) is 39.0 Å². The number of ether oxygens (including phenoxy) is 1. The van der Waals surface area contributed by atoms with Crippen LogP contribution >= 0.6 is 0 Å². The van der Waals surface area contributed by atoms with E-state index in [-0.39, 0.29) is 11.9 Å². The normalized spacial score (nSPS) is 17.1. The lowest BCUT2D eigenvalue weighted by Gasteiger charge is -2.23. The summed E-state index contributed by atoms with van der Waals surface area (Å²) in [6, 6.07) is 3.77. The van der Waals surface area contributed by atoms with Crippen LogP contribution in [-0.4, -0.2) is 55.1 Å². The average Bonchev–Trinajstić information content (AvgIpc) is 2.92. The fourth-order valence-electron chi connectivity index (χ4n) is 2.83. The van der Waals surface area contributed by atoms with Crippen molar-refractivity contribution in [2.45, 2.75) is 39.3 Å². The Morgan fingerprint density at radius 2 is 2.07 bits per heavy atom. The van der Waals surface area contributed by atoms with Gasteiger partial charge in [0.25, 0.3) is 5.91 Å². The molecule has 0 fully saturated rings. The molecule has 1 aliphatic rings. The third-order valence-corrected chi connectivity index (χ3v) is 4.68. The first-order chi connectivity index (χ1) is 13.9. The van der Waals surface area contributed by atoms with Crippen LogP contribution in [0.1, 0.15) is 37.6 Å². The van der Waals surface area contributed by atoms with E-state index >= 15 is 0 Å². The highest BCUT2D eigenvalue weighted by atomic mass is 16.5. The largest absolute Gasteiger partial charge is 0.477 e. The molecule has 0 bridgehead atoms. The van der Waals surface area contributed by atoms with Crippen LogP contribution in [0.25, 0.3) is 0 Å². The molecule has 2 atom stereocenters. The molecule has 1 aromatic heterocycles. The first kappa shape index (κ1) is 22.7. The maximum atomic E-state index is 12.5. The SMILES string of the molecule is CCC(CNC1=CC=CC(NC(=O)c2ccc(OCC(C)C)nc2)C=C1)N(C)C. The number of nitrogens with zero attached hydrogens (tertiary/aromatic N) is 2. The molecule has 1 aromatic rings. The second kappa shape index (κ2) is 11.4. The summed E-state index contributed by atoms with van der Waals surface area (Å²) in [5.74, 6) is 0.798. The summed E-state index contributed by atoms with van der Waals surface area (Å²) in [5.41, 5.74) is 1.54. The summed E-state index contributed by atoms with van der Waals surface area (Å²) in [4.78, 5) is 19.0. The van der Waals surface area contributed by atoms with Crippen LogP contribution in [0.4, 0.5) is 0 Å². The van der Waals surface area contributed by atoms with Gasteiger partial charge in [0.2, 0.25) is 5.88 Å². The van der Waals surface area contributed by atoms with Crippen LogP contribution < -0.4 is 15.4 Å². The standard InChI is InChI=1S/C23H34N4O2/c1-6-21(27(4)5)15-24-19-8-7-9-20(12-11-19)26-23(28)18-10-13-22(25-14-18)29-16-17(2)3/h7-14,17,20-21,24H,6,15-16H2,1-5H3,(H,26,28). The summed E-state index contributed by atoms with van der Waals surface area (Å²) >= 11 is 0. The van der Waals surface area contributed by atoms with Crippen molar-refractivity contribution in [1.82, 2.24) is 20.5 Å². The van der Waals surface area contributed by atoms with Crippen LogP contribution in [-0.2, 0) is 0 Å². The quantitative estimate of drug-likeness (QED) is 0.634. The highest BCUT2D eigenvalue weighted by Gasteiger charge is 2.12. The van der Waals surface area contributed by atoms with Gasteiger partial charge < -0.3 is 20.3 Å². The number of nitrogens with one attached hydrogen (secondary N) is 2. The summed E-state index contributed by atoms with van der Waals surface area (Å²) in [7, 11) is 4.19. The molecule has 0 saturated heterocycles. The average molecular weight is 399 g/mol. The van der Waals surface area contributed by atoms with Crippen LogP contribution in [0.5, 0.6) is 5.88 Å². The minimum Gasteiger partial charge on any atom is -0.477 e. The molecule has 2 rings (SSSR count). The Bertz CT molecular complexity index is 736. The van der Waals surface area contributed by atoms with Gasteiger partial charge >= 0.3 is 0 Å². The second-order valence-electron chi connectivity index (χ2n) is 7.86. The topological polar surface area (TPSA) is 66.5 Å². The van der Waals surface area contributed by atoms with E-state index in [0.29, 0.717) is 30.0 Å². The van der Waals surface area contributed by atoms with Crippen molar-refractivity contribution in [3.8, 4) is 5.88 Å². The van der Waals surface area contributed by atoms with E-state index in [1.165, 1.54) is 0 Å². The molecule has 0 aliphatic heterocycles. The molecular formula is C23H34N4O2. The van der Waals surface area contributed by atoms with E-state index < -0.39 is 0 Å². The molecule has 0 radical (unpaired) electrons. The van der Waals surface area contributed by atoms with Gasteiger partial charge in [-0.2, -0.15) is 0 Å². The minimum absolute atomic E-state index is 0.165. The Morgan fingerprint density at radius 1 is 1.28 bits per heavy atom. The molecule has 1 heterocycles. The molecule has 158 valence electrons. The third-order valence-electron chi connectivity index (χ3n) is 4.68. The predicted molar refractivity (Wildman–Crippen MR) is 118 cm³/mol. The van der Waals surface area contributed by atoms with Crippen LogP contribution in [0.15, 0.2) is 54.4 Å². The number of hydrogen-bond donors (Lipinski definition) is 2. The lowest BCUT2D eigenvalue weighted by Crippen LogP contribution is -2.36. The summed E-state index contributed by atoms with van der Waals surface area (Å²) in [6.45, 7) is 7.83. The van der Waals surface area contributed by atoms with E-state index in [2.05, 4.69) is 55.4 Å². The Labute approximate surface area is 174 Å². The number of carbonyl (C=O) groups is 1. The molecule has 1 amide bonds. The number of likely N-dealkylation sites (N-methyl/N-ethyl adjacent to an activating group) is 1. The van der Waals surface area contributed by atoms with E-state index in [0.717, 1.165) is 18.7 Å². The number of rotatable bonds is 10. The van der Waals surface area contributed by atoms with E-state index in [4.69, 9.17) is 4.74 Å². The van der Waals surface area contributed by atoms with Crippen molar-refractivity contribution in [1.29, 1.82) is 0 Å². The van der Waals surface area contributed by atoms with Crippen molar-refractivity contribution in [3.63, 3.8) is 0 Å². The lowest BCUT2D eigenvalue weighted by molar-refractivity contribution is 0.0949. The van der Waals surface area contributed by atoms with Crippen LogP contribution in [0.3, 0.4) is 0 Å². The van der Waals surface area contributed by atoms with E-state index in [1.807, 2.05) is 30.4 Å². The molecule has 29 heavy (non-hydrogen) atoms. The monoisotopic (exact) mass is 398 g/mol. The zero-order valence-electron chi connectivity index (χ0n) is 18.2. The van der Waals surface area contributed by atoms with E-state index in [9.17, 15) is 4.79 Å². The zero-order chi connectivity index (χ0) is 21.2. The highest BCUT2D eigenvalue weighted by Crippen LogP contribution is 2.10. The van der Waals surface area contributed by atoms with Gasteiger partial charge in [-0.15, -0.1) is 0 Å². The second-order valence-corrected chi connectivity index (χ2v) is 7.86. The summed E-state index contributed by atoms with van der Waals surface area (Å²) in [6.07, 6.45) is 12.6. The minimum atomic E-state index is -0.175. The number of carbonyl (C=O) groups excluding carboxylic acids is 1. The number of hydrogen-bond acceptors (Lipinski definition) is 5. The maximum absolute atomic E-state index is 12.5. The van der Waals surface area contributed by atoms with Crippen molar-refractivity contribution in [3.05, 3.63) is 60.0 Å². The van der Waals surface area contributed by atoms with Crippen molar-refractivity contribution in [2.75, 3.05) is 27.2 Å². The number of aromatic nitrogens is 1. The van der Waals surface area contributed by atoms with Crippen LogP contribution in [0.2, 0.25) is 0 Å². The third kappa shape index (κ3) is 7.74. The smallest absolute Gasteiger partial charge is 0.253 e. The number of allylic oxidation sites excluding steroid dienone is 3. The van der Waals surface area contributed by atoms with Crippen molar-refractivity contribution < 1.29 is 9.53 Å². The van der Waals surface area contributed by atoms with Crippen molar-refractivity contribution in [2.24, 2.45) is 5.92 Å². The fraction of sp³-hybridized carbons (Fsp3) is 0.478. The van der Waals surface area contributed by atoms with E-state index in [1.54, 1.807) is 18.3 Å². The molecule has 2 unspecified atom stereocenters. The predicted octanol–water partition coefficient (Wildman–Crippen LogP) is 3.15. The first-order valence-electron chi connectivity index (χ1n) is 10.3. The Hall–Kier alpha value is -2.60. The molecule has 0 aromatic carbocycles. The van der Waals surface area contributed by atoms with Gasteiger partial charge in [0.15, 0.2) is 0 Å². The lowest BCUT2D eigenvalue weighted by atomic mass is 10.2. The van der Waals surface area contributed by atoms with Gasteiger partial charge in [0, 0.05) is 30.5 Å². The molecule has 0 spiro atoms. The summed E-state index contributed by atoms with van der Waals surface area (Å²) in [5, 5.41) is 6.47. The molecule has 0 saturated carbocycles. The van der Waals surface area contributed by atoms with Gasteiger partial charge in [-0.3, -0.25) is 4.79 Å². The first-order valence-corrected chi connectivity index (χ1v) is 10.3. The number of pyridine rings is 1. The molecule has 2 N–H and O–H groups in total. The van der Waals surface area contributed by atoms with Gasteiger partial charge in [0.05, 0.1) is 18.2 Å². The highest BCUT2D eigenvalue weighted by molar-refractivity contribution is 5.94. The molecular weight excluding hydrogens is 364 g/mol. The Morgan fingerprint density at radius 3 is 2.69 bits per heavy atom. The maximum Gasteiger partial charge on any atom is 0.253 e.